The molecule has 1 aromatic carbocycles. The lowest BCUT2D eigenvalue weighted by molar-refractivity contribution is -0.128. The molecule has 0 aromatic heterocycles. The van der Waals surface area contributed by atoms with Crippen LogP contribution in [0.3, 0.4) is 0 Å². The molecule has 0 radical (unpaired) electrons. The van der Waals surface area contributed by atoms with Crippen molar-refractivity contribution < 1.29 is 14.3 Å². The van der Waals surface area contributed by atoms with Crippen molar-refractivity contribution >= 4 is 11.8 Å². The second-order valence-electron chi connectivity index (χ2n) is 6.53. The Hall–Kier alpha value is -2.04. The van der Waals surface area contributed by atoms with Crippen LogP contribution in [0.2, 0.25) is 0 Å². The van der Waals surface area contributed by atoms with E-state index in [0.717, 1.165) is 12.8 Å². The fourth-order valence-electron chi connectivity index (χ4n) is 3.04. The molecule has 1 aliphatic rings. The van der Waals surface area contributed by atoms with Gasteiger partial charge in [-0.2, -0.15) is 0 Å². The van der Waals surface area contributed by atoms with Gasteiger partial charge in [0.2, 0.25) is 5.91 Å². The highest BCUT2D eigenvalue weighted by Crippen LogP contribution is 2.29. The van der Waals surface area contributed by atoms with Crippen LogP contribution in [0, 0.1) is 11.8 Å². The molecule has 126 valence electrons. The summed E-state index contributed by atoms with van der Waals surface area (Å²) < 4.78 is 5.65. The smallest absolute Gasteiger partial charge is 0.261 e. The van der Waals surface area contributed by atoms with Gasteiger partial charge in [0.1, 0.15) is 5.75 Å². The number of hydrogen-bond acceptors (Lipinski definition) is 3. The van der Waals surface area contributed by atoms with E-state index < -0.39 is 12.0 Å². The average molecular weight is 318 g/mol. The van der Waals surface area contributed by atoms with Crippen molar-refractivity contribution in [2.24, 2.45) is 17.6 Å². The third-order valence-electron chi connectivity index (χ3n) is 4.86. The third kappa shape index (κ3) is 4.47. The first-order valence-electron chi connectivity index (χ1n) is 8.25. The molecule has 2 rings (SSSR count). The zero-order valence-corrected chi connectivity index (χ0v) is 14.0. The van der Waals surface area contributed by atoms with Crippen molar-refractivity contribution in [2.45, 2.75) is 52.2 Å². The number of nitrogens with two attached hydrogens (primary N) is 1. The quantitative estimate of drug-likeness (QED) is 0.875. The zero-order valence-electron chi connectivity index (χ0n) is 14.0. The van der Waals surface area contributed by atoms with Crippen LogP contribution in [-0.2, 0) is 4.79 Å². The standard InChI is InChI=1S/C18H26N2O3/c1-11-5-4-6-16(12(11)2)20-18(22)13(3)23-15-9-7-14(8-10-15)17(19)21/h7-13,16H,4-6H2,1-3H3,(H2,19,21)(H,20,22)/t11-,12+,13+,16-/m0/s1. The van der Waals surface area contributed by atoms with E-state index in [1.807, 2.05) is 0 Å². The highest BCUT2D eigenvalue weighted by Gasteiger charge is 2.29. The Morgan fingerprint density at radius 2 is 1.87 bits per heavy atom. The largest absolute Gasteiger partial charge is 0.481 e. The molecular weight excluding hydrogens is 292 g/mol. The van der Waals surface area contributed by atoms with Crippen LogP contribution in [0.15, 0.2) is 24.3 Å². The van der Waals surface area contributed by atoms with E-state index >= 15 is 0 Å². The van der Waals surface area contributed by atoms with Gasteiger partial charge in [0.25, 0.3) is 5.91 Å². The average Bonchev–Trinajstić information content (AvgIpc) is 2.52. The molecule has 0 spiro atoms. The Bertz CT molecular complexity index is 556. The summed E-state index contributed by atoms with van der Waals surface area (Å²) in [5, 5.41) is 3.11. The van der Waals surface area contributed by atoms with Gasteiger partial charge in [-0.1, -0.05) is 26.7 Å². The second-order valence-corrected chi connectivity index (χ2v) is 6.53. The van der Waals surface area contributed by atoms with Crippen LogP contribution in [0.4, 0.5) is 0 Å². The lowest BCUT2D eigenvalue weighted by Gasteiger charge is -2.35. The minimum absolute atomic E-state index is 0.102. The van der Waals surface area contributed by atoms with Gasteiger partial charge in [-0.25, -0.2) is 0 Å². The molecule has 1 saturated carbocycles. The number of ether oxygens (including phenoxy) is 1. The molecule has 5 nitrogen and oxygen atoms in total. The Morgan fingerprint density at radius 1 is 1.22 bits per heavy atom. The van der Waals surface area contributed by atoms with Gasteiger partial charge in [-0.3, -0.25) is 9.59 Å². The van der Waals surface area contributed by atoms with Gasteiger partial charge in [0, 0.05) is 11.6 Å². The number of carbonyl (C=O) groups excluding carboxylic acids is 2. The zero-order chi connectivity index (χ0) is 17.0. The molecule has 1 aliphatic carbocycles. The Balaban J connectivity index is 1.90. The van der Waals surface area contributed by atoms with Crippen molar-refractivity contribution in [1.82, 2.24) is 5.32 Å². The summed E-state index contributed by atoms with van der Waals surface area (Å²) in [5.41, 5.74) is 5.61. The number of hydrogen-bond donors (Lipinski definition) is 2. The van der Waals surface area contributed by atoms with Crippen molar-refractivity contribution in [3.05, 3.63) is 29.8 Å². The maximum absolute atomic E-state index is 12.3. The van der Waals surface area contributed by atoms with Gasteiger partial charge in [0.15, 0.2) is 6.10 Å². The minimum Gasteiger partial charge on any atom is -0.481 e. The van der Waals surface area contributed by atoms with E-state index in [0.29, 0.717) is 23.1 Å². The molecule has 1 aromatic rings. The molecule has 2 amide bonds. The van der Waals surface area contributed by atoms with E-state index in [-0.39, 0.29) is 11.9 Å². The van der Waals surface area contributed by atoms with E-state index in [2.05, 4.69) is 19.2 Å². The predicted octanol–water partition coefficient (Wildman–Crippen LogP) is 2.49. The van der Waals surface area contributed by atoms with Crippen LogP contribution in [-0.4, -0.2) is 24.0 Å². The monoisotopic (exact) mass is 318 g/mol. The van der Waals surface area contributed by atoms with Gasteiger partial charge in [-0.05, 0) is 49.4 Å². The van der Waals surface area contributed by atoms with Crippen LogP contribution < -0.4 is 15.8 Å². The first-order chi connectivity index (χ1) is 10.9. The summed E-state index contributed by atoms with van der Waals surface area (Å²) in [5.74, 6) is 1.07. The summed E-state index contributed by atoms with van der Waals surface area (Å²) in [6.45, 7) is 6.17. The number of primary amides is 1. The highest BCUT2D eigenvalue weighted by molar-refractivity contribution is 5.92. The number of benzene rings is 1. The number of rotatable bonds is 5. The first kappa shape index (κ1) is 17.3. The summed E-state index contributed by atoms with van der Waals surface area (Å²) in [4.78, 5) is 23.4. The van der Waals surface area contributed by atoms with Gasteiger partial charge in [0.05, 0.1) is 0 Å². The number of nitrogens with one attached hydrogen (secondary N) is 1. The van der Waals surface area contributed by atoms with Crippen molar-refractivity contribution in [3.63, 3.8) is 0 Å². The van der Waals surface area contributed by atoms with Gasteiger partial charge < -0.3 is 15.8 Å². The second kappa shape index (κ2) is 7.49. The Kier molecular flexibility index (Phi) is 5.64. The summed E-state index contributed by atoms with van der Waals surface area (Å²) in [7, 11) is 0. The SMILES string of the molecule is C[C@H]1[C@@H](NC(=O)[C@@H](C)Oc2ccc(C(N)=O)cc2)CCC[C@@H]1C. The van der Waals surface area contributed by atoms with Crippen molar-refractivity contribution in [2.75, 3.05) is 0 Å². The number of amides is 2. The molecule has 5 heteroatoms. The fraction of sp³-hybridized carbons (Fsp3) is 0.556. The van der Waals surface area contributed by atoms with E-state index in [4.69, 9.17) is 10.5 Å². The molecule has 4 atom stereocenters. The molecular formula is C18H26N2O3. The molecule has 23 heavy (non-hydrogen) atoms. The van der Waals surface area contributed by atoms with E-state index in [1.54, 1.807) is 31.2 Å². The van der Waals surface area contributed by atoms with Crippen LogP contribution in [0.25, 0.3) is 0 Å². The third-order valence-corrected chi connectivity index (χ3v) is 4.86. The lowest BCUT2D eigenvalue weighted by atomic mass is 9.78. The van der Waals surface area contributed by atoms with Crippen molar-refractivity contribution in [1.29, 1.82) is 0 Å². The van der Waals surface area contributed by atoms with Crippen LogP contribution >= 0.6 is 0 Å². The van der Waals surface area contributed by atoms with Crippen LogP contribution in [0.1, 0.15) is 50.4 Å². The minimum atomic E-state index is -0.584. The maximum Gasteiger partial charge on any atom is 0.261 e. The fourth-order valence-corrected chi connectivity index (χ4v) is 3.04. The maximum atomic E-state index is 12.3. The summed E-state index contributed by atoms with van der Waals surface area (Å²) in [6.07, 6.45) is 2.82. The summed E-state index contributed by atoms with van der Waals surface area (Å²) in [6, 6.07) is 6.69. The predicted molar refractivity (Wildman–Crippen MR) is 89.2 cm³/mol. The van der Waals surface area contributed by atoms with Gasteiger partial charge >= 0.3 is 0 Å². The molecule has 0 bridgehead atoms. The molecule has 0 unspecified atom stereocenters. The van der Waals surface area contributed by atoms with Crippen LogP contribution in [0.5, 0.6) is 5.75 Å². The van der Waals surface area contributed by atoms with E-state index in [1.165, 1.54) is 6.42 Å². The topological polar surface area (TPSA) is 81.4 Å². The molecule has 1 fully saturated rings. The normalized spacial score (nSPS) is 25.4. The molecule has 0 aliphatic heterocycles. The van der Waals surface area contributed by atoms with Gasteiger partial charge in [-0.15, -0.1) is 0 Å². The Labute approximate surface area is 137 Å². The highest BCUT2D eigenvalue weighted by atomic mass is 16.5. The number of carbonyl (C=O) groups is 2. The van der Waals surface area contributed by atoms with E-state index in [9.17, 15) is 9.59 Å². The van der Waals surface area contributed by atoms with Crippen molar-refractivity contribution in [3.8, 4) is 5.75 Å². The molecule has 3 N–H and O–H groups in total. The lowest BCUT2D eigenvalue weighted by Crippen LogP contribution is -2.48. The Morgan fingerprint density at radius 3 is 2.48 bits per heavy atom. The first-order valence-corrected chi connectivity index (χ1v) is 8.25. The summed E-state index contributed by atoms with van der Waals surface area (Å²) >= 11 is 0. The molecule has 0 saturated heterocycles. The molecule has 0 heterocycles.